The van der Waals surface area contributed by atoms with Crippen LogP contribution in [0.15, 0.2) is 0 Å². The first kappa shape index (κ1) is 9.52. The van der Waals surface area contributed by atoms with Crippen LogP contribution in [0.4, 0.5) is 0 Å². The Kier molecular flexibility index (Phi) is 3.53. The van der Waals surface area contributed by atoms with Gasteiger partial charge in [0.25, 0.3) is 0 Å². The molecule has 0 atom stereocenters. The van der Waals surface area contributed by atoms with Gasteiger partial charge < -0.3 is 10.6 Å². The first-order chi connectivity index (χ1) is 5.74. The van der Waals surface area contributed by atoms with Gasteiger partial charge >= 0.3 is 0 Å². The number of hydrogen-bond acceptors (Lipinski definition) is 2. The molecule has 0 aromatic carbocycles. The summed E-state index contributed by atoms with van der Waals surface area (Å²) in [6, 6.07) is 0. The van der Waals surface area contributed by atoms with E-state index in [1.54, 1.807) is 0 Å². The van der Waals surface area contributed by atoms with Crippen LogP contribution in [0.5, 0.6) is 0 Å². The molecule has 70 valence electrons. The van der Waals surface area contributed by atoms with E-state index < -0.39 is 0 Å². The van der Waals surface area contributed by atoms with E-state index >= 15 is 0 Å². The lowest BCUT2D eigenvalue weighted by Crippen LogP contribution is -2.38. The van der Waals surface area contributed by atoms with Crippen molar-refractivity contribution in [1.29, 1.82) is 0 Å². The van der Waals surface area contributed by atoms with E-state index in [1.807, 2.05) is 4.90 Å². The van der Waals surface area contributed by atoms with Gasteiger partial charge in [0, 0.05) is 26.1 Å². The summed E-state index contributed by atoms with van der Waals surface area (Å²) in [5.74, 6) is 1.01. The van der Waals surface area contributed by atoms with E-state index in [0.29, 0.717) is 13.0 Å². The van der Waals surface area contributed by atoms with Crippen LogP contribution in [-0.4, -0.2) is 30.4 Å². The van der Waals surface area contributed by atoms with Crippen molar-refractivity contribution < 1.29 is 4.79 Å². The van der Waals surface area contributed by atoms with Gasteiger partial charge in [0.2, 0.25) is 5.91 Å². The Bertz CT molecular complexity index is 151. The highest BCUT2D eigenvalue weighted by Gasteiger charge is 2.18. The van der Waals surface area contributed by atoms with Crippen molar-refractivity contribution in [3.63, 3.8) is 0 Å². The summed E-state index contributed by atoms with van der Waals surface area (Å²) in [6.07, 6.45) is 2.81. The summed E-state index contributed by atoms with van der Waals surface area (Å²) in [4.78, 5) is 13.3. The lowest BCUT2D eigenvalue weighted by Gasteiger charge is -2.30. The Morgan fingerprint density at radius 3 is 2.58 bits per heavy atom. The molecule has 1 aliphatic rings. The van der Waals surface area contributed by atoms with Crippen LogP contribution in [0.25, 0.3) is 0 Å². The SMILES string of the molecule is CC1CCN(C(=O)CCN)CC1. The molecule has 0 radical (unpaired) electrons. The molecule has 2 N–H and O–H groups in total. The second-order valence-electron chi connectivity index (χ2n) is 3.60. The third-order valence-corrected chi connectivity index (χ3v) is 2.49. The fraction of sp³-hybridized carbons (Fsp3) is 0.889. The van der Waals surface area contributed by atoms with Crippen molar-refractivity contribution >= 4 is 5.91 Å². The van der Waals surface area contributed by atoms with Gasteiger partial charge in [0.1, 0.15) is 0 Å². The van der Waals surface area contributed by atoms with Gasteiger partial charge in [-0.05, 0) is 18.8 Å². The van der Waals surface area contributed by atoms with E-state index in [1.165, 1.54) is 0 Å². The largest absolute Gasteiger partial charge is 0.343 e. The zero-order valence-electron chi connectivity index (χ0n) is 7.75. The Morgan fingerprint density at radius 1 is 1.50 bits per heavy atom. The molecule has 3 heteroatoms. The Morgan fingerprint density at radius 2 is 2.08 bits per heavy atom. The van der Waals surface area contributed by atoms with Gasteiger partial charge in [-0.15, -0.1) is 0 Å². The summed E-state index contributed by atoms with van der Waals surface area (Å²) in [6.45, 7) is 4.58. The van der Waals surface area contributed by atoms with E-state index in [-0.39, 0.29) is 5.91 Å². The fourth-order valence-corrected chi connectivity index (χ4v) is 1.54. The summed E-state index contributed by atoms with van der Waals surface area (Å²) >= 11 is 0. The number of rotatable bonds is 2. The average Bonchev–Trinajstić information content (AvgIpc) is 2.06. The van der Waals surface area contributed by atoms with Crippen LogP contribution >= 0.6 is 0 Å². The zero-order valence-corrected chi connectivity index (χ0v) is 7.75. The minimum Gasteiger partial charge on any atom is -0.343 e. The molecule has 12 heavy (non-hydrogen) atoms. The van der Waals surface area contributed by atoms with Crippen LogP contribution in [0, 0.1) is 5.92 Å². The molecular weight excluding hydrogens is 152 g/mol. The monoisotopic (exact) mass is 170 g/mol. The summed E-state index contributed by atoms with van der Waals surface area (Å²) in [5, 5.41) is 0. The smallest absolute Gasteiger partial charge is 0.223 e. The van der Waals surface area contributed by atoms with Crippen LogP contribution in [0.3, 0.4) is 0 Å². The number of carbonyl (C=O) groups is 1. The average molecular weight is 170 g/mol. The molecule has 1 rings (SSSR count). The standard InChI is InChI=1S/C9H18N2O/c1-8-3-6-11(7-4-8)9(12)2-5-10/h8H,2-7,10H2,1H3. The van der Waals surface area contributed by atoms with Gasteiger partial charge in [-0.3, -0.25) is 4.79 Å². The molecular formula is C9H18N2O. The lowest BCUT2D eigenvalue weighted by atomic mass is 9.99. The Hall–Kier alpha value is -0.570. The summed E-state index contributed by atoms with van der Waals surface area (Å²) < 4.78 is 0. The number of amides is 1. The Balaban J connectivity index is 2.29. The maximum absolute atomic E-state index is 11.4. The van der Waals surface area contributed by atoms with Gasteiger partial charge in [0.15, 0.2) is 0 Å². The van der Waals surface area contributed by atoms with Gasteiger partial charge in [-0.1, -0.05) is 6.92 Å². The van der Waals surface area contributed by atoms with Crippen LogP contribution in [0.1, 0.15) is 26.2 Å². The molecule has 0 aliphatic carbocycles. The van der Waals surface area contributed by atoms with Gasteiger partial charge in [-0.2, -0.15) is 0 Å². The molecule has 1 heterocycles. The summed E-state index contributed by atoms with van der Waals surface area (Å²) in [5.41, 5.74) is 5.32. The molecule has 0 bridgehead atoms. The van der Waals surface area contributed by atoms with Crippen molar-refractivity contribution in [2.45, 2.75) is 26.2 Å². The van der Waals surface area contributed by atoms with E-state index in [2.05, 4.69) is 6.92 Å². The van der Waals surface area contributed by atoms with Crippen LogP contribution < -0.4 is 5.73 Å². The van der Waals surface area contributed by atoms with E-state index in [9.17, 15) is 4.79 Å². The maximum Gasteiger partial charge on any atom is 0.223 e. The fourth-order valence-electron chi connectivity index (χ4n) is 1.54. The van der Waals surface area contributed by atoms with Crippen molar-refractivity contribution in [2.24, 2.45) is 11.7 Å². The number of hydrogen-bond donors (Lipinski definition) is 1. The van der Waals surface area contributed by atoms with Crippen molar-refractivity contribution in [2.75, 3.05) is 19.6 Å². The second kappa shape index (κ2) is 4.45. The minimum absolute atomic E-state index is 0.226. The predicted octanol–water partition coefficient (Wildman–Crippen LogP) is 0.594. The molecule has 1 amide bonds. The van der Waals surface area contributed by atoms with E-state index in [4.69, 9.17) is 5.73 Å². The summed E-state index contributed by atoms with van der Waals surface area (Å²) in [7, 11) is 0. The maximum atomic E-state index is 11.4. The number of piperidine rings is 1. The van der Waals surface area contributed by atoms with E-state index in [0.717, 1.165) is 31.8 Å². The van der Waals surface area contributed by atoms with Gasteiger partial charge in [-0.25, -0.2) is 0 Å². The Labute approximate surface area is 73.9 Å². The molecule has 0 unspecified atom stereocenters. The highest BCUT2D eigenvalue weighted by Crippen LogP contribution is 2.16. The molecule has 1 aliphatic heterocycles. The molecule has 0 aromatic heterocycles. The van der Waals surface area contributed by atoms with Crippen molar-refractivity contribution in [3.05, 3.63) is 0 Å². The highest BCUT2D eigenvalue weighted by molar-refractivity contribution is 5.76. The highest BCUT2D eigenvalue weighted by atomic mass is 16.2. The molecule has 1 fully saturated rings. The molecule has 0 saturated carbocycles. The number of carbonyl (C=O) groups excluding carboxylic acids is 1. The number of likely N-dealkylation sites (tertiary alicyclic amines) is 1. The van der Waals surface area contributed by atoms with Crippen molar-refractivity contribution in [1.82, 2.24) is 4.90 Å². The molecule has 3 nitrogen and oxygen atoms in total. The number of nitrogens with two attached hydrogens (primary N) is 1. The zero-order chi connectivity index (χ0) is 8.97. The first-order valence-electron chi connectivity index (χ1n) is 4.72. The first-order valence-corrected chi connectivity index (χ1v) is 4.72. The van der Waals surface area contributed by atoms with Gasteiger partial charge in [0.05, 0.1) is 0 Å². The topological polar surface area (TPSA) is 46.3 Å². The third kappa shape index (κ3) is 2.48. The second-order valence-corrected chi connectivity index (χ2v) is 3.60. The quantitative estimate of drug-likeness (QED) is 0.659. The predicted molar refractivity (Wildman–Crippen MR) is 48.6 cm³/mol. The van der Waals surface area contributed by atoms with Crippen LogP contribution in [-0.2, 0) is 4.79 Å². The molecule has 0 spiro atoms. The van der Waals surface area contributed by atoms with Crippen molar-refractivity contribution in [3.8, 4) is 0 Å². The lowest BCUT2D eigenvalue weighted by molar-refractivity contribution is -0.132. The molecule has 1 saturated heterocycles. The normalized spacial score (nSPS) is 19.7. The number of nitrogens with zero attached hydrogens (tertiary/aromatic N) is 1. The third-order valence-electron chi connectivity index (χ3n) is 2.49. The molecule has 0 aromatic rings. The van der Waals surface area contributed by atoms with Crippen LogP contribution in [0.2, 0.25) is 0 Å². The minimum atomic E-state index is 0.226.